The highest BCUT2D eigenvalue weighted by molar-refractivity contribution is 7.13. The Morgan fingerprint density at radius 1 is 1.19 bits per heavy atom. The van der Waals surface area contributed by atoms with Crippen LogP contribution in [-0.2, 0) is 6.18 Å². The van der Waals surface area contributed by atoms with Gasteiger partial charge in [-0.25, -0.2) is 9.50 Å². The molecule has 3 aromatic heterocycles. The Bertz CT molecular complexity index is 1160. The summed E-state index contributed by atoms with van der Waals surface area (Å²) in [6, 6.07) is 11.2. The fraction of sp³-hybridized carbons (Fsp3) is 0.111. The largest absolute Gasteiger partial charge is 0.497 e. The lowest BCUT2D eigenvalue weighted by molar-refractivity contribution is -0.140. The third kappa shape index (κ3) is 2.99. The molecule has 27 heavy (non-hydrogen) atoms. The highest BCUT2D eigenvalue weighted by atomic mass is 32.1. The Kier molecular flexibility index (Phi) is 4.03. The number of thiophene rings is 1. The van der Waals surface area contributed by atoms with Crippen LogP contribution in [0.1, 0.15) is 5.69 Å². The number of hydrogen-bond acceptors (Lipinski definition) is 4. The fourth-order valence-electron chi connectivity index (χ4n) is 2.81. The van der Waals surface area contributed by atoms with Gasteiger partial charge in [0.1, 0.15) is 11.4 Å². The van der Waals surface area contributed by atoms with E-state index in [0.29, 0.717) is 16.2 Å². The van der Waals surface area contributed by atoms with Crippen molar-refractivity contribution in [2.45, 2.75) is 6.18 Å². The molecule has 0 aliphatic heterocycles. The van der Waals surface area contributed by atoms with E-state index in [1.54, 1.807) is 41.8 Å². The minimum absolute atomic E-state index is 0.0666. The van der Waals surface area contributed by atoms with Crippen LogP contribution in [0.25, 0.3) is 27.3 Å². The molecule has 0 saturated carbocycles. The number of nitrogens with one attached hydrogen (secondary N) is 1. The predicted octanol–water partition coefficient (Wildman–Crippen LogP) is 4.45. The van der Waals surface area contributed by atoms with E-state index in [4.69, 9.17) is 4.74 Å². The minimum Gasteiger partial charge on any atom is -0.497 e. The van der Waals surface area contributed by atoms with Crippen molar-refractivity contribution in [2.24, 2.45) is 0 Å². The van der Waals surface area contributed by atoms with E-state index in [-0.39, 0.29) is 16.9 Å². The summed E-state index contributed by atoms with van der Waals surface area (Å²) in [5.74, 6) is 0.622. The summed E-state index contributed by atoms with van der Waals surface area (Å²) in [6.07, 6.45) is -4.65. The van der Waals surface area contributed by atoms with E-state index in [1.165, 1.54) is 13.2 Å². The first-order valence-corrected chi connectivity index (χ1v) is 8.68. The van der Waals surface area contributed by atoms with Gasteiger partial charge in [0.05, 0.1) is 18.4 Å². The summed E-state index contributed by atoms with van der Waals surface area (Å²) in [7, 11) is 1.53. The first-order valence-electron chi connectivity index (χ1n) is 7.80. The van der Waals surface area contributed by atoms with Gasteiger partial charge >= 0.3 is 6.18 Å². The molecule has 0 saturated heterocycles. The number of H-pyrrole nitrogens is 1. The van der Waals surface area contributed by atoms with Crippen molar-refractivity contribution in [3.8, 4) is 27.4 Å². The molecule has 0 fully saturated rings. The Balaban J connectivity index is 2.00. The van der Waals surface area contributed by atoms with Crippen molar-refractivity contribution in [2.75, 3.05) is 7.11 Å². The molecule has 1 N–H and O–H groups in total. The van der Waals surface area contributed by atoms with Crippen LogP contribution >= 0.6 is 11.3 Å². The molecule has 1 aromatic carbocycles. The summed E-state index contributed by atoms with van der Waals surface area (Å²) in [5, 5.41) is 3.83. The van der Waals surface area contributed by atoms with Gasteiger partial charge in [0.15, 0.2) is 5.65 Å². The van der Waals surface area contributed by atoms with Gasteiger partial charge in [-0.15, -0.1) is 11.3 Å². The molecule has 0 radical (unpaired) electrons. The summed E-state index contributed by atoms with van der Waals surface area (Å²) < 4.78 is 46.5. The van der Waals surface area contributed by atoms with Gasteiger partial charge in [0, 0.05) is 16.5 Å². The average molecular weight is 391 g/mol. The van der Waals surface area contributed by atoms with Crippen LogP contribution in [0.2, 0.25) is 0 Å². The SMILES string of the molecule is COc1ccc(-c2cc(=O)n3[nH]c(C(F)(F)F)c(-c4cccs4)c3n2)cc1. The second kappa shape index (κ2) is 6.27. The van der Waals surface area contributed by atoms with Crippen LogP contribution in [0.3, 0.4) is 0 Å². The van der Waals surface area contributed by atoms with Crippen LogP contribution < -0.4 is 10.3 Å². The van der Waals surface area contributed by atoms with Crippen molar-refractivity contribution in [3.05, 3.63) is 63.9 Å². The molecular weight excluding hydrogens is 379 g/mol. The average Bonchev–Trinajstić information content (AvgIpc) is 3.28. The lowest BCUT2D eigenvalue weighted by Crippen LogP contribution is -2.15. The number of ether oxygens (including phenoxy) is 1. The molecule has 0 aliphatic carbocycles. The van der Waals surface area contributed by atoms with E-state index < -0.39 is 17.4 Å². The number of benzene rings is 1. The molecule has 0 bridgehead atoms. The van der Waals surface area contributed by atoms with Gasteiger partial charge < -0.3 is 4.74 Å². The smallest absolute Gasteiger partial charge is 0.433 e. The van der Waals surface area contributed by atoms with Gasteiger partial charge in [-0.2, -0.15) is 13.2 Å². The van der Waals surface area contributed by atoms with Gasteiger partial charge in [-0.1, -0.05) is 6.07 Å². The van der Waals surface area contributed by atoms with Crippen LogP contribution in [0, 0.1) is 0 Å². The van der Waals surface area contributed by atoms with Crippen molar-refractivity contribution >= 4 is 17.0 Å². The number of methoxy groups -OCH3 is 1. The minimum atomic E-state index is -4.65. The van der Waals surface area contributed by atoms with E-state index in [9.17, 15) is 18.0 Å². The van der Waals surface area contributed by atoms with Crippen LogP contribution in [0.4, 0.5) is 13.2 Å². The molecule has 138 valence electrons. The highest BCUT2D eigenvalue weighted by Crippen LogP contribution is 2.40. The Labute approximate surface area is 154 Å². The first-order chi connectivity index (χ1) is 12.9. The Hall–Kier alpha value is -3.07. The van der Waals surface area contributed by atoms with Crippen LogP contribution in [0.15, 0.2) is 52.6 Å². The molecule has 3 heterocycles. The van der Waals surface area contributed by atoms with Crippen LogP contribution in [0.5, 0.6) is 5.75 Å². The zero-order chi connectivity index (χ0) is 19.2. The van der Waals surface area contributed by atoms with Crippen molar-refractivity contribution in [1.82, 2.24) is 14.6 Å². The molecule has 5 nitrogen and oxygen atoms in total. The van der Waals surface area contributed by atoms with E-state index in [1.807, 2.05) is 0 Å². The second-order valence-electron chi connectivity index (χ2n) is 5.70. The maximum Gasteiger partial charge on any atom is 0.433 e. The lowest BCUT2D eigenvalue weighted by atomic mass is 10.1. The lowest BCUT2D eigenvalue weighted by Gasteiger charge is -2.06. The predicted molar refractivity (Wildman–Crippen MR) is 96.1 cm³/mol. The van der Waals surface area contributed by atoms with E-state index >= 15 is 0 Å². The summed E-state index contributed by atoms with van der Waals surface area (Å²) in [5.41, 5.74) is -0.941. The van der Waals surface area contributed by atoms with E-state index in [0.717, 1.165) is 15.9 Å². The number of nitrogens with zero attached hydrogens (tertiary/aromatic N) is 2. The summed E-state index contributed by atoms with van der Waals surface area (Å²) in [4.78, 5) is 17.2. The molecule has 0 amide bonds. The quantitative estimate of drug-likeness (QED) is 0.562. The molecular formula is C18H12F3N3O2S. The third-order valence-electron chi connectivity index (χ3n) is 4.05. The van der Waals surface area contributed by atoms with Gasteiger partial charge in [-0.05, 0) is 35.7 Å². The maximum absolute atomic E-state index is 13.5. The Morgan fingerprint density at radius 3 is 2.52 bits per heavy atom. The Morgan fingerprint density at radius 2 is 1.93 bits per heavy atom. The normalized spacial score (nSPS) is 11.9. The number of aromatic amines is 1. The number of halogens is 3. The van der Waals surface area contributed by atoms with Crippen molar-refractivity contribution in [1.29, 1.82) is 0 Å². The van der Waals surface area contributed by atoms with Crippen LogP contribution in [-0.4, -0.2) is 21.7 Å². The summed E-state index contributed by atoms with van der Waals surface area (Å²) >= 11 is 1.15. The highest BCUT2D eigenvalue weighted by Gasteiger charge is 2.38. The molecule has 0 unspecified atom stereocenters. The van der Waals surface area contributed by atoms with E-state index in [2.05, 4.69) is 10.1 Å². The van der Waals surface area contributed by atoms with Gasteiger partial charge in [-0.3, -0.25) is 9.89 Å². The zero-order valence-electron chi connectivity index (χ0n) is 13.9. The van der Waals surface area contributed by atoms with Crippen molar-refractivity contribution in [3.63, 3.8) is 0 Å². The van der Waals surface area contributed by atoms with Gasteiger partial charge in [0.2, 0.25) is 0 Å². The molecule has 4 aromatic rings. The third-order valence-corrected chi connectivity index (χ3v) is 4.94. The zero-order valence-corrected chi connectivity index (χ0v) is 14.7. The first kappa shape index (κ1) is 17.3. The molecule has 0 aliphatic rings. The number of hydrogen-bond donors (Lipinski definition) is 1. The number of alkyl halides is 3. The maximum atomic E-state index is 13.5. The molecule has 0 atom stereocenters. The molecule has 9 heteroatoms. The molecule has 4 rings (SSSR count). The molecule has 0 spiro atoms. The standard InChI is InChI=1S/C18H12F3N3O2S/c1-26-11-6-4-10(5-7-11)12-9-14(25)24-17(22-12)15(13-3-2-8-27-13)16(23-24)18(19,20)21/h2-9,23H,1H3. The van der Waals surface area contributed by atoms with Crippen molar-refractivity contribution < 1.29 is 17.9 Å². The second-order valence-corrected chi connectivity index (χ2v) is 6.65. The topological polar surface area (TPSA) is 59.4 Å². The fourth-order valence-corrected chi connectivity index (χ4v) is 3.58. The van der Waals surface area contributed by atoms with Gasteiger partial charge in [0.25, 0.3) is 5.56 Å². The number of rotatable bonds is 3. The number of aromatic nitrogens is 3. The number of fused-ring (bicyclic) bond motifs is 1. The monoisotopic (exact) mass is 391 g/mol. The summed E-state index contributed by atoms with van der Waals surface area (Å²) in [6.45, 7) is 0.